The molecule has 1 amide bonds. The first kappa shape index (κ1) is 15.7. The number of amides is 1. The van der Waals surface area contributed by atoms with Gasteiger partial charge in [0.25, 0.3) is 0 Å². The van der Waals surface area contributed by atoms with Gasteiger partial charge in [-0.05, 0) is 18.9 Å². The molecular weight excluding hydrogens is 212 g/mol. The van der Waals surface area contributed by atoms with Crippen molar-refractivity contribution < 1.29 is 4.79 Å². The second kappa shape index (κ2) is 8.76. The predicted octanol–water partition coefficient (Wildman–Crippen LogP) is 2.06. The molecule has 1 unspecified atom stereocenters. The highest BCUT2D eigenvalue weighted by atomic mass is 16.2. The van der Waals surface area contributed by atoms with E-state index in [4.69, 9.17) is 5.73 Å². The summed E-state index contributed by atoms with van der Waals surface area (Å²) in [5.74, 6) is 0.00125. The van der Waals surface area contributed by atoms with Crippen LogP contribution in [0.2, 0.25) is 0 Å². The second-order valence-corrected chi connectivity index (χ2v) is 3.65. The Morgan fingerprint density at radius 2 is 1.82 bits per heavy atom. The molecule has 0 spiro atoms. The van der Waals surface area contributed by atoms with Crippen LogP contribution in [-0.4, -0.2) is 30.4 Å². The lowest BCUT2D eigenvalue weighted by Gasteiger charge is -2.19. The van der Waals surface area contributed by atoms with Crippen molar-refractivity contribution in [3.05, 3.63) is 35.9 Å². The quantitative estimate of drug-likeness (QED) is 0.870. The molecule has 0 aromatic heterocycles. The van der Waals surface area contributed by atoms with Gasteiger partial charge in [-0.3, -0.25) is 4.79 Å². The molecule has 0 aliphatic carbocycles. The number of hydrogen-bond acceptors (Lipinski definition) is 2. The van der Waals surface area contributed by atoms with E-state index in [-0.39, 0.29) is 5.91 Å². The molecular formula is C14H24N2O. The minimum Gasteiger partial charge on any atom is -0.345 e. The van der Waals surface area contributed by atoms with Crippen LogP contribution in [0.4, 0.5) is 0 Å². The van der Waals surface area contributed by atoms with Gasteiger partial charge < -0.3 is 10.6 Å². The summed E-state index contributed by atoms with van der Waals surface area (Å²) in [5.41, 5.74) is 6.93. The second-order valence-electron chi connectivity index (χ2n) is 3.65. The maximum atomic E-state index is 11.7. The Morgan fingerprint density at radius 1 is 1.29 bits per heavy atom. The number of hydrogen-bond donors (Lipinski definition) is 1. The third kappa shape index (κ3) is 5.50. The van der Waals surface area contributed by atoms with Crippen molar-refractivity contribution in [1.82, 2.24) is 4.90 Å². The molecule has 1 atom stereocenters. The smallest absolute Gasteiger partial charge is 0.239 e. The normalized spacial score (nSPS) is 11.1. The molecule has 17 heavy (non-hydrogen) atoms. The lowest BCUT2D eigenvalue weighted by Crippen LogP contribution is -2.42. The molecule has 0 radical (unpaired) electrons. The fourth-order valence-electron chi connectivity index (χ4n) is 1.39. The molecule has 0 heterocycles. The molecule has 1 aromatic carbocycles. The van der Waals surface area contributed by atoms with Gasteiger partial charge >= 0.3 is 0 Å². The van der Waals surface area contributed by atoms with E-state index < -0.39 is 6.04 Å². The summed E-state index contributed by atoms with van der Waals surface area (Å²) < 4.78 is 0. The van der Waals surface area contributed by atoms with E-state index >= 15 is 0 Å². The first-order valence-corrected chi connectivity index (χ1v) is 6.19. The maximum absolute atomic E-state index is 11.7. The topological polar surface area (TPSA) is 46.3 Å². The molecule has 3 heteroatoms. The van der Waals surface area contributed by atoms with E-state index in [9.17, 15) is 4.79 Å². The number of rotatable bonds is 4. The van der Waals surface area contributed by atoms with Crippen LogP contribution in [-0.2, 0) is 11.2 Å². The van der Waals surface area contributed by atoms with E-state index in [1.54, 1.807) is 11.9 Å². The Labute approximate surface area is 105 Å². The van der Waals surface area contributed by atoms with E-state index in [2.05, 4.69) is 0 Å². The molecule has 1 aromatic rings. The van der Waals surface area contributed by atoms with E-state index in [1.807, 2.05) is 51.1 Å². The standard InChI is InChI=1S/C12H18N2O.C2H6/c1-3-14(2)12(15)11(13)9-10-7-5-4-6-8-10;1-2/h4-8,11H,3,9,13H2,1-2H3;1-2H3. The summed E-state index contributed by atoms with van der Waals surface area (Å²) in [5, 5.41) is 0. The summed E-state index contributed by atoms with van der Waals surface area (Å²) in [6.45, 7) is 6.63. The number of benzene rings is 1. The highest BCUT2D eigenvalue weighted by molar-refractivity contribution is 5.81. The van der Waals surface area contributed by atoms with Crippen LogP contribution in [0, 0.1) is 0 Å². The number of nitrogens with two attached hydrogens (primary N) is 1. The van der Waals surface area contributed by atoms with Crippen molar-refractivity contribution in [2.45, 2.75) is 33.2 Å². The Morgan fingerprint density at radius 3 is 2.29 bits per heavy atom. The van der Waals surface area contributed by atoms with Gasteiger partial charge in [-0.1, -0.05) is 44.2 Å². The molecule has 0 fully saturated rings. The number of nitrogens with zero attached hydrogens (tertiary/aromatic N) is 1. The van der Waals surface area contributed by atoms with Crippen LogP contribution in [0.25, 0.3) is 0 Å². The van der Waals surface area contributed by atoms with Gasteiger partial charge in [0.05, 0.1) is 6.04 Å². The zero-order chi connectivity index (χ0) is 13.3. The third-order valence-corrected chi connectivity index (χ3v) is 2.47. The van der Waals surface area contributed by atoms with Crippen LogP contribution in [0.15, 0.2) is 30.3 Å². The fraction of sp³-hybridized carbons (Fsp3) is 0.500. The first-order chi connectivity index (χ1) is 8.15. The zero-order valence-corrected chi connectivity index (χ0v) is 11.3. The van der Waals surface area contributed by atoms with Gasteiger partial charge in [0, 0.05) is 13.6 Å². The zero-order valence-electron chi connectivity index (χ0n) is 11.3. The summed E-state index contributed by atoms with van der Waals surface area (Å²) in [4.78, 5) is 13.3. The van der Waals surface area contributed by atoms with Crippen molar-refractivity contribution in [3.8, 4) is 0 Å². The Hall–Kier alpha value is -1.35. The number of likely N-dealkylation sites (N-methyl/N-ethyl adjacent to an activating group) is 1. The van der Waals surface area contributed by atoms with Crippen molar-refractivity contribution in [2.75, 3.05) is 13.6 Å². The van der Waals surface area contributed by atoms with Gasteiger partial charge in [0.1, 0.15) is 0 Å². The van der Waals surface area contributed by atoms with E-state index in [0.29, 0.717) is 13.0 Å². The van der Waals surface area contributed by atoms with Crippen molar-refractivity contribution in [3.63, 3.8) is 0 Å². The Balaban J connectivity index is 0.00000121. The molecule has 1 rings (SSSR count). The number of carbonyl (C=O) groups excluding carboxylic acids is 1. The lowest BCUT2D eigenvalue weighted by atomic mass is 10.1. The summed E-state index contributed by atoms with van der Waals surface area (Å²) in [7, 11) is 1.77. The summed E-state index contributed by atoms with van der Waals surface area (Å²) >= 11 is 0. The van der Waals surface area contributed by atoms with Gasteiger partial charge in [0.2, 0.25) is 5.91 Å². The third-order valence-electron chi connectivity index (χ3n) is 2.47. The molecule has 0 saturated heterocycles. The van der Waals surface area contributed by atoms with Crippen molar-refractivity contribution in [1.29, 1.82) is 0 Å². The fourth-order valence-corrected chi connectivity index (χ4v) is 1.39. The number of carbonyl (C=O) groups is 1. The summed E-state index contributed by atoms with van der Waals surface area (Å²) in [6, 6.07) is 9.40. The van der Waals surface area contributed by atoms with Crippen LogP contribution in [0.5, 0.6) is 0 Å². The average Bonchev–Trinajstić information content (AvgIpc) is 2.40. The molecule has 0 bridgehead atoms. The van der Waals surface area contributed by atoms with Gasteiger partial charge in [-0.2, -0.15) is 0 Å². The predicted molar refractivity (Wildman–Crippen MR) is 72.8 cm³/mol. The van der Waals surface area contributed by atoms with Gasteiger partial charge in [-0.25, -0.2) is 0 Å². The molecule has 0 saturated carbocycles. The van der Waals surface area contributed by atoms with E-state index in [0.717, 1.165) is 5.56 Å². The minimum atomic E-state index is -0.433. The van der Waals surface area contributed by atoms with E-state index in [1.165, 1.54) is 0 Å². The molecule has 2 N–H and O–H groups in total. The average molecular weight is 236 g/mol. The minimum absolute atomic E-state index is 0.00125. The monoisotopic (exact) mass is 236 g/mol. The highest BCUT2D eigenvalue weighted by Gasteiger charge is 2.16. The largest absolute Gasteiger partial charge is 0.345 e. The molecule has 0 aliphatic heterocycles. The molecule has 96 valence electrons. The van der Waals surface area contributed by atoms with Crippen molar-refractivity contribution >= 4 is 5.91 Å². The lowest BCUT2D eigenvalue weighted by molar-refractivity contribution is -0.131. The van der Waals surface area contributed by atoms with Gasteiger partial charge in [-0.15, -0.1) is 0 Å². The Kier molecular flexibility index (Phi) is 8.07. The van der Waals surface area contributed by atoms with Crippen molar-refractivity contribution in [2.24, 2.45) is 5.73 Å². The highest BCUT2D eigenvalue weighted by Crippen LogP contribution is 2.03. The van der Waals surface area contributed by atoms with Crippen LogP contribution >= 0.6 is 0 Å². The SMILES string of the molecule is CC.CCN(C)C(=O)C(N)Cc1ccccc1. The maximum Gasteiger partial charge on any atom is 0.239 e. The van der Waals surface area contributed by atoms with Gasteiger partial charge in [0.15, 0.2) is 0 Å². The van der Waals surface area contributed by atoms with Crippen LogP contribution < -0.4 is 5.73 Å². The van der Waals surface area contributed by atoms with Crippen LogP contribution in [0.1, 0.15) is 26.3 Å². The molecule has 3 nitrogen and oxygen atoms in total. The Bertz CT molecular complexity index is 311. The molecule has 0 aliphatic rings. The van der Waals surface area contributed by atoms with Crippen LogP contribution in [0.3, 0.4) is 0 Å². The first-order valence-electron chi connectivity index (χ1n) is 6.19. The summed E-state index contributed by atoms with van der Waals surface area (Å²) in [6.07, 6.45) is 0.601.